The molecule has 1 aromatic carbocycles. The number of methoxy groups -OCH3 is 1. The quantitative estimate of drug-likeness (QED) is 0.261. The van der Waals surface area contributed by atoms with Crippen molar-refractivity contribution in [2.24, 2.45) is 5.10 Å². The van der Waals surface area contributed by atoms with E-state index in [-0.39, 0.29) is 34.4 Å². The lowest BCUT2D eigenvalue weighted by Gasteiger charge is -2.23. The summed E-state index contributed by atoms with van der Waals surface area (Å²) in [4.78, 5) is 25.7. The average Bonchev–Trinajstić information content (AvgIpc) is 2.77. The predicted octanol–water partition coefficient (Wildman–Crippen LogP) is 3.08. The first-order valence-corrected chi connectivity index (χ1v) is 10.7. The van der Waals surface area contributed by atoms with Gasteiger partial charge in [0.2, 0.25) is 6.41 Å². The van der Waals surface area contributed by atoms with Crippen LogP contribution < -0.4 is 10.6 Å². The van der Waals surface area contributed by atoms with Crippen LogP contribution in [0, 0.1) is 5.82 Å². The highest BCUT2D eigenvalue weighted by atomic mass is 19.1. The van der Waals surface area contributed by atoms with Gasteiger partial charge in [0.1, 0.15) is 12.4 Å². The van der Waals surface area contributed by atoms with Crippen LogP contribution in [0.15, 0.2) is 28.2 Å². The normalized spacial score (nSPS) is 13.0. The topological polar surface area (TPSA) is 87.4 Å². The van der Waals surface area contributed by atoms with E-state index in [4.69, 9.17) is 4.74 Å². The third-order valence-electron chi connectivity index (χ3n) is 5.54. The van der Waals surface area contributed by atoms with Gasteiger partial charge in [0.15, 0.2) is 5.84 Å². The number of hydrogen-bond donors (Lipinski definition) is 1. The molecule has 0 fully saturated rings. The molecule has 2 rings (SSSR count). The lowest BCUT2D eigenvalue weighted by atomic mass is 9.97. The molecule has 0 saturated heterocycles. The number of hydrogen-bond acceptors (Lipinski definition) is 6. The SMILES string of the molecule is CCC(COC)n1cc(C(C)C)c2cc(N(C)/N=C(/CO)N(C=O)CC)c(F)cc2c1=O. The molecular formula is C23H33FN4O4. The molecule has 1 N–H and O–H groups in total. The lowest BCUT2D eigenvalue weighted by molar-refractivity contribution is -0.114. The number of amidine groups is 1. The van der Waals surface area contributed by atoms with Crippen molar-refractivity contribution in [1.29, 1.82) is 0 Å². The molecule has 8 nitrogen and oxygen atoms in total. The van der Waals surface area contributed by atoms with Gasteiger partial charge in [-0.15, -0.1) is 0 Å². The Kier molecular flexibility index (Phi) is 8.91. The largest absolute Gasteiger partial charge is 0.388 e. The third-order valence-corrected chi connectivity index (χ3v) is 5.54. The van der Waals surface area contributed by atoms with Crippen molar-refractivity contribution in [1.82, 2.24) is 9.47 Å². The maximum absolute atomic E-state index is 15.1. The molecule has 0 radical (unpaired) electrons. The van der Waals surface area contributed by atoms with Gasteiger partial charge in [0.25, 0.3) is 5.56 Å². The van der Waals surface area contributed by atoms with E-state index in [1.807, 2.05) is 27.0 Å². The molecule has 1 aromatic heterocycles. The fraction of sp³-hybridized carbons (Fsp3) is 0.522. The summed E-state index contributed by atoms with van der Waals surface area (Å²) in [6.07, 6.45) is 3.09. The number of nitrogens with zero attached hydrogens (tertiary/aromatic N) is 4. The fourth-order valence-electron chi connectivity index (χ4n) is 3.69. The monoisotopic (exact) mass is 448 g/mol. The number of carbonyl (C=O) groups excluding carboxylic acids is 1. The molecule has 2 aromatic rings. The van der Waals surface area contributed by atoms with Gasteiger partial charge in [0, 0.05) is 26.9 Å². The highest BCUT2D eigenvalue weighted by Gasteiger charge is 2.20. The maximum atomic E-state index is 15.1. The van der Waals surface area contributed by atoms with E-state index >= 15 is 4.39 Å². The second kappa shape index (κ2) is 11.2. The zero-order chi connectivity index (χ0) is 24.0. The van der Waals surface area contributed by atoms with Crippen LogP contribution in [0.3, 0.4) is 0 Å². The second-order valence-electron chi connectivity index (χ2n) is 7.91. The summed E-state index contributed by atoms with van der Waals surface area (Å²) in [7, 11) is 3.12. The van der Waals surface area contributed by atoms with Crippen molar-refractivity contribution in [3.05, 3.63) is 40.1 Å². The van der Waals surface area contributed by atoms with Crippen molar-refractivity contribution in [3.8, 4) is 0 Å². The molecule has 1 unspecified atom stereocenters. The van der Waals surface area contributed by atoms with Gasteiger partial charge >= 0.3 is 0 Å². The fourth-order valence-corrected chi connectivity index (χ4v) is 3.69. The molecule has 176 valence electrons. The highest BCUT2D eigenvalue weighted by Crippen LogP contribution is 2.30. The Morgan fingerprint density at radius 2 is 2.00 bits per heavy atom. The van der Waals surface area contributed by atoms with Crippen LogP contribution >= 0.6 is 0 Å². The molecule has 0 saturated carbocycles. The van der Waals surface area contributed by atoms with E-state index in [0.29, 0.717) is 31.4 Å². The smallest absolute Gasteiger partial charge is 0.258 e. The first-order valence-electron chi connectivity index (χ1n) is 10.7. The molecule has 1 heterocycles. The van der Waals surface area contributed by atoms with Gasteiger partial charge in [-0.05, 0) is 42.3 Å². The molecule has 0 aliphatic carbocycles. The summed E-state index contributed by atoms with van der Waals surface area (Å²) in [5, 5.41) is 16.0. The van der Waals surface area contributed by atoms with Crippen molar-refractivity contribution in [2.75, 3.05) is 38.9 Å². The summed E-state index contributed by atoms with van der Waals surface area (Å²) in [5.74, 6) is -0.455. The Hall–Kier alpha value is -2.78. The summed E-state index contributed by atoms with van der Waals surface area (Å²) >= 11 is 0. The van der Waals surface area contributed by atoms with Gasteiger partial charge in [-0.3, -0.25) is 19.5 Å². The molecule has 0 aliphatic heterocycles. The number of hydrazone groups is 1. The highest BCUT2D eigenvalue weighted by molar-refractivity contribution is 5.93. The number of halogens is 1. The minimum absolute atomic E-state index is 0.0789. The summed E-state index contributed by atoms with van der Waals surface area (Å²) < 4.78 is 22.0. The van der Waals surface area contributed by atoms with E-state index in [1.54, 1.807) is 24.7 Å². The van der Waals surface area contributed by atoms with Crippen LogP contribution in [0.4, 0.5) is 10.1 Å². The van der Waals surface area contributed by atoms with Crippen LogP contribution in [0.5, 0.6) is 0 Å². The summed E-state index contributed by atoms with van der Waals surface area (Å²) in [6.45, 7) is 7.96. The Balaban J connectivity index is 2.72. The van der Waals surface area contributed by atoms with E-state index in [1.165, 1.54) is 23.0 Å². The van der Waals surface area contributed by atoms with Crippen molar-refractivity contribution in [3.63, 3.8) is 0 Å². The number of ether oxygens (including phenoxy) is 1. The zero-order valence-electron chi connectivity index (χ0n) is 19.6. The molecule has 32 heavy (non-hydrogen) atoms. The number of carbonyl (C=O) groups is 1. The molecule has 0 spiro atoms. The molecular weight excluding hydrogens is 415 g/mol. The van der Waals surface area contributed by atoms with E-state index in [9.17, 15) is 14.7 Å². The maximum Gasteiger partial charge on any atom is 0.258 e. The number of benzene rings is 1. The van der Waals surface area contributed by atoms with E-state index in [0.717, 1.165) is 5.56 Å². The van der Waals surface area contributed by atoms with Gasteiger partial charge in [-0.1, -0.05) is 20.8 Å². The molecule has 0 aliphatic rings. The minimum Gasteiger partial charge on any atom is -0.388 e. The van der Waals surface area contributed by atoms with Crippen LogP contribution in [-0.2, 0) is 9.53 Å². The number of rotatable bonds is 10. The van der Waals surface area contributed by atoms with Crippen LogP contribution in [0.25, 0.3) is 10.8 Å². The lowest BCUT2D eigenvalue weighted by Crippen LogP contribution is -2.34. The number of pyridine rings is 1. The second-order valence-corrected chi connectivity index (χ2v) is 7.91. The van der Waals surface area contributed by atoms with Crippen LogP contribution in [-0.4, -0.2) is 60.7 Å². The standard InChI is InChI=1S/C23H33FN4O4/c1-7-16(13-32-6)28-11-19(15(3)4)17-10-21(20(24)9-18(17)23(28)31)26(5)25-22(12-29)27(8-2)14-30/h9-11,14-16,29H,7-8,12-13H2,1-6H3/b25-22-. The first-order chi connectivity index (χ1) is 15.2. The summed E-state index contributed by atoms with van der Waals surface area (Å²) in [5.41, 5.74) is 0.755. The predicted molar refractivity (Wildman–Crippen MR) is 125 cm³/mol. The molecule has 9 heteroatoms. The Labute approximate surface area is 187 Å². The number of aromatic nitrogens is 1. The number of likely N-dealkylation sites (N-methyl/N-ethyl adjacent to an activating group) is 1. The van der Waals surface area contributed by atoms with Gasteiger partial charge in [-0.2, -0.15) is 5.10 Å². The van der Waals surface area contributed by atoms with E-state index in [2.05, 4.69) is 5.10 Å². The molecule has 0 bridgehead atoms. The molecule has 1 amide bonds. The molecule has 1 atom stereocenters. The first kappa shape index (κ1) is 25.5. The average molecular weight is 449 g/mol. The Morgan fingerprint density at radius 3 is 2.50 bits per heavy atom. The van der Waals surface area contributed by atoms with Gasteiger partial charge < -0.3 is 14.4 Å². The van der Waals surface area contributed by atoms with Gasteiger partial charge in [0.05, 0.1) is 23.7 Å². The number of aliphatic hydroxyl groups is 1. The number of anilines is 1. The van der Waals surface area contributed by atoms with E-state index < -0.39 is 12.4 Å². The third kappa shape index (κ3) is 5.16. The Morgan fingerprint density at radius 1 is 1.31 bits per heavy atom. The van der Waals surface area contributed by atoms with Crippen molar-refractivity contribution in [2.45, 2.75) is 46.1 Å². The van der Waals surface area contributed by atoms with Crippen LogP contribution in [0.1, 0.15) is 51.6 Å². The Bertz CT molecular complexity index is 1030. The number of fused-ring (bicyclic) bond motifs is 1. The zero-order valence-corrected chi connectivity index (χ0v) is 19.6. The van der Waals surface area contributed by atoms with Crippen LogP contribution in [0.2, 0.25) is 0 Å². The summed E-state index contributed by atoms with van der Waals surface area (Å²) in [6, 6.07) is 2.68. The van der Waals surface area contributed by atoms with Gasteiger partial charge in [-0.25, -0.2) is 4.39 Å². The van der Waals surface area contributed by atoms with Crippen molar-refractivity contribution < 1.29 is 19.0 Å². The minimum atomic E-state index is -0.625. The number of amides is 1. The number of aliphatic hydroxyl groups excluding tert-OH is 1. The van der Waals surface area contributed by atoms with Crippen molar-refractivity contribution >= 4 is 28.7 Å².